The van der Waals surface area contributed by atoms with Gasteiger partial charge in [0.1, 0.15) is 10.6 Å². The van der Waals surface area contributed by atoms with Crippen LogP contribution in [-0.2, 0) is 23.0 Å². The first-order valence-electron chi connectivity index (χ1n) is 7.20. The molecule has 0 fully saturated rings. The van der Waals surface area contributed by atoms with Crippen molar-refractivity contribution in [1.29, 1.82) is 0 Å². The Kier molecular flexibility index (Phi) is 5.03. The van der Waals surface area contributed by atoms with Gasteiger partial charge in [-0.3, -0.25) is 0 Å². The first-order chi connectivity index (χ1) is 10.5. The second-order valence-corrected chi connectivity index (χ2v) is 6.65. The van der Waals surface area contributed by atoms with Crippen molar-refractivity contribution in [1.82, 2.24) is 0 Å². The van der Waals surface area contributed by atoms with Crippen LogP contribution in [0.1, 0.15) is 23.6 Å². The molecule has 0 spiro atoms. The van der Waals surface area contributed by atoms with E-state index in [0.717, 1.165) is 16.7 Å². The van der Waals surface area contributed by atoms with Gasteiger partial charge in [-0.25, -0.2) is 0 Å². The molecular weight excluding hydrogens is 296 g/mol. The van der Waals surface area contributed by atoms with Gasteiger partial charge < -0.3 is 4.18 Å². The molecule has 0 atom stereocenters. The van der Waals surface area contributed by atoms with Gasteiger partial charge in [0.25, 0.3) is 0 Å². The third kappa shape index (κ3) is 3.57. The van der Waals surface area contributed by atoms with Crippen molar-refractivity contribution in [2.45, 2.75) is 31.6 Å². The van der Waals surface area contributed by atoms with Crippen LogP contribution in [0.15, 0.2) is 60.0 Å². The Morgan fingerprint density at radius 3 is 2.32 bits per heavy atom. The molecule has 0 bridgehead atoms. The van der Waals surface area contributed by atoms with E-state index in [4.69, 9.17) is 4.18 Å². The van der Waals surface area contributed by atoms with Gasteiger partial charge in [-0.2, -0.15) is 8.42 Å². The largest absolute Gasteiger partial charge is 0.378 e. The summed E-state index contributed by atoms with van der Waals surface area (Å²) < 4.78 is 30.4. The lowest BCUT2D eigenvalue weighted by Crippen LogP contribution is -2.12. The van der Waals surface area contributed by atoms with Crippen LogP contribution in [0.4, 0.5) is 0 Å². The van der Waals surface area contributed by atoms with E-state index < -0.39 is 10.1 Å². The van der Waals surface area contributed by atoms with Gasteiger partial charge in [-0.05, 0) is 43.0 Å². The van der Waals surface area contributed by atoms with Crippen LogP contribution in [-0.4, -0.2) is 8.42 Å². The van der Waals surface area contributed by atoms with E-state index in [9.17, 15) is 8.42 Å². The number of aryl methyl sites for hydroxylation is 2. The lowest BCUT2D eigenvalue weighted by molar-refractivity contribution is 0.480. The Balaban J connectivity index is 2.44. The van der Waals surface area contributed by atoms with Crippen LogP contribution in [0.2, 0.25) is 0 Å². The molecule has 2 aromatic rings. The van der Waals surface area contributed by atoms with Crippen LogP contribution in [0.3, 0.4) is 0 Å². The molecule has 0 heterocycles. The van der Waals surface area contributed by atoms with Gasteiger partial charge in [0.05, 0.1) is 0 Å². The first-order valence-corrected chi connectivity index (χ1v) is 8.61. The molecule has 0 unspecified atom stereocenters. The maximum Gasteiger partial charge on any atom is 0.339 e. The van der Waals surface area contributed by atoms with Crippen molar-refractivity contribution in [3.63, 3.8) is 0 Å². The van der Waals surface area contributed by atoms with Crippen LogP contribution in [0.25, 0.3) is 0 Å². The predicted octanol–water partition coefficient (Wildman–Crippen LogP) is 4.05. The maximum atomic E-state index is 12.5. The summed E-state index contributed by atoms with van der Waals surface area (Å²) >= 11 is 0. The smallest absolute Gasteiger partial charge is 0.339 e. The minimum Gasteiger partial charge on any atom is -0.378 e. The molecule has 4 heteroatoms. The quantitative estimate of drug-likeness (QED) is 0.596. The molecule has 0 N–H and O–H groups in total. The van der Waals surface area contributed by atoms with E-state index in [0.29, 0.717) is 18.6 Å². The van der Waals surface area contributed by atoms with Gasteiger partial charge in [0.2, 0.25) is 0 Å². The van der Waals surface area contributed by atoms with Gasteiger partial charge in [0, 0.05) is 0 Å². The highest BCUT2D eigenvalue weighted by atomic mass is 32.2. The molecule has 0 amide bonds. The van der Waals surface area contributed by atoms with E-state index in [1.807, 2.05) is 32.0 Å². The van der Waals surface area contributed by atoms with Gasteiger partial charge in [-0.15, -0.1) is 6.58 Å². The van der Waals surface area contributed by atoms with Crippen molar-refractivity contribution in [2.75, 3.05) is 0 Å². The molecule has 0 aromatic heterocycles. The maximum absolute atomic E-state index is 12.5. The lowest BCUT2D eigenvalue weighted by Gasteiger charge is -2.14. The monoisotopic (exact) mass is 316 g/mol. The van der Waals surface area contributed by atoms with E-state index in [1.54, 1.807) is 30.3 Å². The number of hydrogen-bond donors (Lipinski definition) is 0. The SMILES string of the molecule is C=CCc1cccc(CC)c1OS(=O)(=O)c1ccc(C)cc1. The number of para-hydroxylation sites is 1. The molecule has 0 aliphatic heterocycles. The summed E-state index contributed by atoms with van der Waals surface area (Å²) in [6, 6.07) is 12.3. The van der Waals surface area contributed by atoms with E-state index in [-0.39, 0.29) is 4.90 Å². The van der Waals surface area contributed by atoms with Crippen molar-refractivity contribution in [2.24, 2.45) is 0 Å². The fourth-order valence-corrected chi connectivity index (χ4v) is 3.20. The van der Waals surface area contributed by atoms with Crippen molar-refractivity contribution < 1.29 is 12.6 Å². The molecule has 0 aliphatic rings. The molecule has 0 saturated heterocycles. The zero-order valence-electron chi connectivity index (χ0n) is 12.9. The number of allylic oxidation sites excluding steroid dienone is 1. The number of benzene rings is 2. The van der Waals surface area contributed by atoms with Crippen molar-refractivity contribution >= 4 is 10.1 Å². The van der Waals surface area contributed by atoms with Crippen molar-refractivity contribution in [3.8, 4) is 5.75 Å². The highest BCUT2D eigenvalue weighted by Crippen LogP contribution is 2.29. The highest BCUT2D eigenvalue weighted by molar-refractivity contribution is 7.87. The van der Waals surface area contributed by atoms with E-state index in [1.165, 1.54) is 0 Å². The zero-order valence-corrected chi connectivity index (χ0v) is 13.7. The Morgan fingerprint density at radius 1 is 1.09 bits per heavy atom. The third-order valence-corrected chi connectivity index (χ3v) is 4.66. The fraction of sp³-hybridized carbons (Fsp3) is 0.222. The minimum atomic E-state index is -3.84. The van der Waals surface area contributed by atoms with E-state index in [2.05, 4.69) is 6.58 Å². The minimum absolute atomic E-state index is 0.161. The number of hydrogen-bond acceptors (Lipinski definition) is 3. The molecule has 2 aromatic carbocycles. The number of rotatable bonds is 6. The van der Waals surface area contributed by atoms with Crippen LogP contribution < -0.4 is 4.18 Å². The summed E-state index contributed by atoms with van der Waals surface area (Å²) in [5, 5.41) is 0. The molecule has 0 saturated carbocycles. The second-order valence-electron chi connectivity index (χ2n) is 5.10. The van der Waals surface area contributed by atoms with Gasteiger partial charge >= 0.3 is 10.1 Å². The van der Waals surface area contributed by atoms with Crippen LogP contribution >= 0.6 is 0 Å². The van der Waals surface area contributed by atoms with Crippen LogP contribution in [0, 0.1) is 6.92 Å². The summed E-state index contributed by atoms with van der Waals surface area (Å²) in [4.78, 5) is 0.161. The highest BCUT2D eigenvalue weighted by Gasteiger charge is 2.20. The zero-order chi connectivity index (χ0) is 16.2. The molecular formula is C18H20O3S. The Hall–Kier alpha value is -2.07. The van der Waals surface area contributed by atoms with Gasteiger partial charge in [0.15, 0.2) is 0 Å². The summed E-state index contributed by atoms with van der Waals surface area (Å²) in [5.74, 6) is 0.422. The van der Waals surface area contributed by atoms with E-state index >= 15 is 0 Å². The molecule has 22 heavy (non-hydrogen) atoms. The topological polar surface area (TPSA) is 43.4 Å². The summed E-state index contributed by atoms with van der Waals surface area (Å²) in [7, 11) is -3.84. The second kappa shape index (κ2) is 6.79. The Bertz CT molecular complexity index is 759. The molecule has 2 rings (SSSR count). The average Bonchev–Trinajstić information content (AvgIpc) is 2.49. The normalized spacial score (nSPS) is 11.2. The molecule has 3 nitrogen and oxygen atoms in total. The lowest BCUT2D eigenvalue weighted by atomic mass is 10.0. The van der Waals surface area contributed by atoms with Gasteiger partial charge in [-0.1, -0.05) is 48.9 Å². The molecule has 116 valence electrons. The molecule has 0 aliphatic carbocycles. The first kappa shape index (κ1) is 16.3. The molecule has 0 radical (unpaired) electrons. The summed E-state index contributed by atoms with van der Waals surface area (Å²) in [5.41, 5.74) is 2.69. The average molecular weight is 316 g/mol. The fourth-order valence-electron chi connectivity index (χ4n) is 2.20. The standard InChI is InChI=1S/C18H20O3S/c1-4-7-16-9-6-8-15(5-2)18(16)21-22(19,20)17-12-10-14(3)11-13-17/h4,6,8-13H,1,5,7H2,2-3H3. The third-order valence-electron chi connectivity index (χ3n) is 3.43. The Morgan fingerprint density at radius 2 is 1.73 bits per heavy atom. The predicted molar refractivity (Wildman–Crippen MR) is 88.7 cm³/mol. The van der Waals surface area contributed by atoms with Crippen LogP contribution in [0.5, 0.6) is 5.75 Å². The van der Waals surface area contributed by atoms with Crippen molar-refractivity contribution in [3.05, 3.63) is 71.8 Å². The summed E-state index contributed by atoms with van der Waals surface area (Å²) in [6.07, 6.45) is 3.00. The summed E-state index contributed by atoms with van der Waals surface area (Å²) in [6.45, 7) is 7.59. The Labute approximate surface area is 132 Å².